The van der Waals surface area contributed by atoms with Crippen molar-refractivity contribution in [1.82, 2.24) is 0 Å². The molecule has 0 heterocycles. The summed E-state index contributed by atoms with van der Waals surface area (Å²) < 4.78 is 15.3. The average molecular weight is 381 g/mol. The molecule has 0 N–H and O–H groups in total. The Morgan fingerprint density at radius 3 is 2.14 bits per heavy atom. The number of halogens is 1. The summed E-state index contributed by atoms with van der Waals surface area (Å²) in [5.74, 6) is 3.30. The monoisotopic (exact) mass is 380 g/mol. The van der Waals surface area contributed by atoms with E-state index >= 15 is 4.39 Å². The highest BCUT2D eigenvalue weighted by Gasteiger charge is 2.31. The summed E-state index contributed by atoms with van der Waals surface area (Å²) >= 11 is 0. The van der Waals surface area contributed by atoms with E-state index in [0.717, 1.165) is 46.9 Å². The van der Waals surface area contributed by atoms with Crippen LogP contribution in [-0.2, 0) is 6.42 Å². The third-order valence-electron chi connectivity index (χ3n) is 7.93. The SMILES string of the molecule is CCCc1ccc2c(F)c(C3CCC(C4CCC(CC)CC4)CC3)ccc2c1. The molecular weight excluding hydrogens is 343 g/mol. The Hall–Kier alpha value is -1.37. The van der Waals surface area contributed by atoms with Gasteiger partial charge in [0.1, 0.15) is 5.82 Å². The summed E-state index contributed by atoms with van der Waals surface area (Å²) in [6, 6.07) is 10.5. The van der Waals surface area contributed by atoms with Gasteiger partial charge in [-0.05, 0) is 85.1 Å². The van der Waals surface area contributed by atoms with E-state index in [1.54, 1.807) is 0 Å². The van der Waals surface area contributed by atoms with Crippen LogP contribution < -0.4 is 0 Å². The lowest BCUT2D eigenvalue weighted by Gasteiger charge is -2.38. The van der Waals surface area contributed by atoms with Gasteiger partial charge in [0.05, 0.1) is 0 Å². The molecule has 152 valence electrons. The molecule has 0 atom stereocenters. The molecule has 0 nitrogen and oxygen atoms in total. The van der Waals surface area contributed by atoms with Crippen molar-refractivity contribution < 1.29 is 4.39 Å². The van der Waals surface area contributed by atoms with E-state index < -0.39 is 0 Å². The number of benzene rings is 2. The Labute approximate surface area is 170 Å². The second-order valence-electron chi connectivity index (χ2n) is 9.58. The third kappa shape index (κ3) is 4.14. The molecule has 0 saturated heterocycles. The molecule has 2 aliphatic rings. The molecule has 0 unspecified atom stereocenters. The van der Waals surface area contributed by atoms with Gasteiger partial charge < -0.3 is 0 Å². The summed E-state index contributed by atoms with van der Waals surface area (Å²) in [5, 5.41) is 1.88. The van der Waals surface area contributed by atoms with Crippen LogP contribution in [0.25, 0.3) is 10.8 Å². The molecule has 2 fully saturated rings. The first-order valence-corrected chi connectivity index (χ1v) is 11.9. The summed E-state index contributed by atoms with van der Waals surface area (Å²) in [6.45, 7) is 4.54. The minimum atomic E-state index is 0.0486. The van der Waals surface area contributed by atoms with Crippen LogP contribution >= 0.6 is 0 Å². The van der Waals surface area contributed by atoms with E-state index in [4.69, 9.17) is 0 Å². The van der Waals surface area contributed by atoms with Crippen LogP contribution in [0, 0.1) is 23.6 Å². The van der Waals surface area contributed by atoms with Crippen molar-refractivity contribution in [2.45, 2.75) is 90.4 Å². The molecule has 2 aromatic rings. The van der Waals surface area contributed by atoms with Crippen LogP contribution in [0.2, 0.25) is 0 Å². The van der Waals surface area contributed by atoms with Gasteiger partial charge in [-0.1, -0.05) is 69.9 Å². The van der Waals surface area contributed by atoms with Crippen molar-refractivity contribution in [2.24, 2.45) is 17.8 Å². The van der Waals surface area contributed by atoms with Crippen LogP contribution in [0.15, 0.2) is 30.3 Å². The molecule has 0 bridgehead atoms. The summed E-state index contributed by atoms with van der Waals surface area (Å²) in [6.07, 6.45) is 14.3. The standard InChI is InChI=1S/C27H37F/c1-3-5-20-8-16-26-24(18-20)15-17-25(27(26)28)23-13-11-22(12-14-23)21-9-6-19(4-2)7-10-21/h8,15-19,21-23H,3-7,9-14H2,1-2H3. The zero-order chi connectivity index (χ0) is 19.5. The Kier molecular flexibility index (Phi) is 6.38. The first kappa shape index (κ1) is 19.9. The minimum absolute atomic E-state index is 0.0486. The molecule has 0 aromatic heterocycles. The quantitative estimate of drug-likeness (QED) is 0.488. The lowest BCUT2D eigenvalue weighted by Crippen LogP contribution is -2.25. The molecule has 2 saturated carbocycles. The largest absolute Gasteiger partial charge is 0.206 e. The predicted octanol–water partition coefficient (Wildman–Crippen LogP) is 8.42. The van der Waals surface area contributed by atoms with E-state index in [-0.39, 0.29) is 5.82 Å². The number of fused-ring (bicyclic) bond motifs is 1. The molecule has 2 aromatic carbocycles. The second kappa shape index (κ2) is 8.97. The van der Waals surface area contributed by atoms with Crippen molar-refractivity contribution in [1.29, 1.82) is 0 Å². The predicted molar refractivity (Wildman–Crippen MR) is 118 cm³/mol. The molecule has 0 radical (unpaired) electrons. The average Bonchev–Trinajstić information content (AvgIpc) is 2.74. The first-order chi connectivity index (χ1) is 13.7. The Morgan fingerprint density at radius 2 is 1.50 bits per heavy atom. The van der Waals surface area contributed by atoms with Crippen molar-refractivity contribution >= 4 is 10.8 Å². The minimum Gasteiger partial charge on any atom is -0.206 e. The van der Waals surface area contributed by atoms with E-state index in [2.05, 4.69) is 38.1 Å². The zero-order valence-electron chi connectivity index (χ0n) is 17.9. The van der Waals surface area contributed by atoms with Crippen LogP contribution in [0.3, 0.4) is 0 Å². The molecule has 4 rings (SSSR count). The van der Waals surface area contributed by atoms with Crippen molar-refractivity contribution in [2.75, 3.05) is 0 Å². The molecular formula is C27H37F. The number of aryl methyl sites for hydroxylation is 1. The molecule has 0 aliphatic heterocycles. The van der Waals surface area contributed by atoms with Crippen molar-refractivity contribution in [3.8, 4) is 0 Å². The number of rotatable bonds is 5. The Bertz CT molecular complexity index is 776. The fourth-order valence-corrected chi connectivity index (χ4v) is 6.09. The van der Waals surface area contributed by atoms with Gasteiger partial charge in [-0.25, -0.2) is 4.39 Å². The van der Waals surface area contributed by atoms with Gasteiger partial charge in [-0.15, -0.1) is 0 Å². The lowest BCUT2D eigenvalue weighted by molar-refractivity contribution is 0.158. The van der Waals surface area contributed by atoms with Gasteiger partial charge in [0.25, 0.3) is 0 Å². The van der Waals surface area contributed by atoms with Gasteiger partial charge in [0.15, 0.2) is 0 Å². The third-order valence-corrected chi connectivity index (χ3v) is 7.93. The van der Waals surface area contributed by atoms with Gasteiger partial charge in [-0.2, -0.15) is 0 Å². The van der Waals surface area contributed by atoms with E-state index in [0.29, 0.717) is 5.92 Å². The lowest BCUT2D eigenvalue weighted by atomic mass is 9.68. The fourth-order valence-electron chi connectivity index (χ4n) is 6.09. The maximum absolute atomic E-state index is 15.3. The van der Waals surface area contributed by atoms with Gasteiger partial charge in [-0.3, -0.25) is 0 Å². The highest BCUT2D eigenvalue weighted by Crippen LogP contribution is 2.45. The molecule has 1 heteroatoms. The van der Waals surface area contributed by atoms with Gasteiger partial charge in [0.2, 0.25) is 0 Å². The van der Waals surface area contributed by atoms with Crippen LogP contribution in [0.5, 0.6) is 0 Å². The molecule has 2 aliphatic carbocycles. The second-order valence-corrected chi connectivity index (χ2v) is 9.58. The number of hydrogen-bond acceptors (Lipinski definition) is 0. The highest BCUT2D eigenvalue weighted by molar-refractivity contribution is 5.84. The van der Waals surface area contributed by atoms with Crippen LogP contribution in [-0.4, -0.2) is 0 Å². The fraction of sp³-hybridized carbons (Fsp3) is 0.630. The summed E-state index contributed by atoms with van der Waals surface area (Å²) in [4.78, 5) is 0. The van der Waals surface area contributed by atoms with Gasteiger partial charge in [0, 0.05) is 5.39 Å². The molecule has 0 spiro atoms. The molecule has 28 heavy (non-hydrogen) atoms. The van der Waals surface area contributed by atoms with E-state index in [9.17, 15) is 0 Å². The highest BCUT2D eigenvalue weighted by atomic mass is 19.1. The van der Waals surface area contributed by atoms with Crippen molar-refractivity contribution in [3.05, 3.63) is 47.3 Å². The maximum atomic E-state index is 15.3. The van der Waals surface area contributed by atoms with E-state index in [1.807, 2.05) is 6.07 Å². The number of hydrogen-bond donors (Lipinski definition) is 0. The van der Waals surface area contributed by atoms with Crippen molar-refractivity contribution in [3.63, 3.8) is 0 Å². The van der Waals surface area contributed by atoms with Crippen LogP contribution in [0.1, 0.15) is 95.1 Å². The van der Waals surface area contributed by atoms with Crippen LogP contribution in [0.4, 0.5) is 4.39 Å². The summed E-state index contributed by atoms with van der Waals surface area (Å²) in [5.41, 5.74) is 2.30. The topological polar surface area (TPSA) is 0 Å². The Balaban J connectivity index is 1.42. The first-order valence-electron chi connectivity index (χ1n) is 11.9. The maximum Gasteiger partial charge on any atom is 0.134 e. The van der Waals surface area contributed by atoms with E-state index in [1.165, 1.54) is 63.4 Å². The van der Waals surface area contributed by atoms with Gasteiger partial charge >= 0.3 is 0 Å². The normalized spacial score (nSPS) is 28.5. The zero-order valence-corrected chi connectivity index (χ0v) is 17.9. The Morgan fingerprint density at radius 1 is 0.821 bits per heavy atom. The molecule has 0 amide bonds. The summed E-state index contributed by atoms with van der Waals surface area (Å²) in [7, 11) is 0. The smallest absolute Gasteiger partial charge is 0.134 e.